The van der Waals surface area contributed by atoms with Crippen molar-refractivity contribution in [3.8, 4) is 0 Å². The number of carbonyl (C=O) groups excluding carboxylic acids is 1. The van der Waals surface area contributed by atoms with Crippen molar-refractivity contribution in [2.45, 2.75) is 26.2 Å². The summed E-state index contributed by atoms with van der Waals surface area (Å²) in [6, 6.07) is 7.61. The Balaban J connectivity index is 2.87. The van der Waals surface area contributed by atoms with E-state index in [0.29, 0.717) is 6.42 Å². The van der Waals surface area contributed by atoms with Crippen molar-refractivity contribution in [3.63, 3.8) is 0 Å². The maximum Gasteiger partial charge on any atom is 0.163 e. The topological polar surface area (TPSA) is 29.4 Å². The van der Waals surface area contributed by atoms with Crippen molar-refractivity contribution in [3.05, 3.63) is 35.4 Å². The number of unbranched alkanes of at least 4 members (excludes halogenated alkanes) is 1. The van der Waals surface area contributed by atoms with E-state index in [4.69, 9.17) is 0 Å². The molecule has 0 fully saturated rings. The molecule has 0 N–H and O–H groups in total. The molecule has 2 heteroatoms. The highest BCUT2D eigenvalue weighted by Gasteiger charge is 2.08. The first-order valence-electron chi connectivity index (χ1n) is 5.34. The lowest BCUT2D eigenvalue weighted by atomic mass is 10.0. The monoisotopic (exact) mass is 203 g/mol. The van der Waals surface area contributed by atoms with Crippen LogP contribution in [0.25, 0.3) is 0 Å². The summed E-state index contributed by atoms with van der Waals surface area (Å²) in [5, 5.41) is 0. The van der Waals surface area contributed by atoms with Gasteiger partial charge in [-0.25, -0.2) is 0 Å². The Labute approximate surface area is 91.0 Å². The predicted octanol–water partition coefficient (Wildman–Crippen LogP) is 3.11. The fraction of sp³-hybridized carbons (Fsp3) is 0.385. The molecule has 0 bridgehead atoms. The van der Waals surface area contributed by atoms with E-state index in [1.54, 1.807) is 13.3 Å². The van der Waals surface area contributed by atoms with Crippen molar-refractivity contribution in [2.24, 2.45) is 4.99 Å². The van der Waals surface area contributed by atoms with Gasteiger partial charge in [0.2, 0.25) is 0 Å². The molecule has 0 unspecified atom stereocenters. The smallest absolute Gasteiger partial charge is 0.163 e. The minimum absolute atomic E-state index is 0.215. The van der Waals surface area contributed by atoms with Gasteiger partial charge in [-0.3, -0.25) is 9.79 Å². The van der Waals surface area contributed by atoms with Crippen LogP contribution < -0.4 is 0 Å². The van der Waals surface area contributed by atoms with Gasteiger partial charge in [0.05, 0.1) is 0 Å². The Morgan fingerprint density at radius 2 is 2.13 bits per heavy atom. The van der Waals surface area contributed by atoms with Crippen LogP contribution in [0.5, 0.6) is 0 Å². The van der Waals surface area contributed by atoms with Crippen LogP contribution in [-0.4, -0.2) is 19.0 Å². The number of benzene rings is 1. The number of nitrogens with zero attached hydrogens (tertiary/aromatic N) is 1. The summed E-state index contributed by atoms with van der Waals surface area (Å²) >= 11 is 0. The highest BCUT2D eigenvalue weighted by atomic mass is 16.1. The average molecular weight is 203 g/mol. The quantitative estimate of drug-likeness (QED) is 0.534. The SMILES string of the molecule is CCCCC(=O)c1ccccc1C=NC. The van der Waals surface area contributed by atoms with E-state index in [-0.39, 0.29) is 5.78 Å². The molecule has 0 atom stereocenters. The molecule has 0 aromatic heterocycles. The van der Waals surface area contributed by atoms with Gasteiger partial charge in [-0.2, -0.15) is 0 Å². The van der Waals surface area contributed by atoms with Gasteiger partial charge in [0.15, 0.2) is 5.78 Å². The third-order valence-corrected chi connectivity index (χ3v) is 2.29. The molecule has 1 aromatic carbocycles. The van der Waals surface area contributed by atoms with E-state index in [9.17, 15) is 4.79 Å². The van der Waals surface area contributed by atoms with Gasteiger partial charge in [-0.05, 0) is 6.42 Å². The zero-order chi connectivity index (χ0) is 11.1. The van der Waals surface area contributed by atoms with E-state index in [1.165, 1.54) is 0 Å². The highest BCUT2D eigenvalue weighted by Crippen LogP contribution is 2.11. The average Bonchev–Trinajstić information content (AvgIpc) is 2.27. The second-order valence-corrected chi connectivity index (χ2v) is 3.50. The lowest BCUT2D eigenvalue weighted by Gasteiger charge is -2.03. The van der Waals surface area contributed by atoms with Crippen LogP contribution in [0.15, 0.2) is 29.3 Å². The molecular formula is C13H17NO. The van der Waals surface area contributed by atoms with Crippen LogP contribution in [0.4, 0.5) is 0 Å². The summed E-state index contributed by atoms with van der Waals surface area (Å²) in [7, 11) is 1.72. The van der Waals surface area contributed by atoms with Crippen molar-refractivity contribution in [1.82, 2.24) is 0 Å². The maximum absolute atomic E-state index is 11.8. The summed E-state index contributed by atoms with van der Waals surface area (Å²) < 4.78 is 0. The van der Waals surface area contributed by atoms with Gasteiger partial charge in [0.25, 0.3) is 0 Å². The van der Waals surface area contributed by atoms with Crippen molar-refractivity contribution < 1.29 is 4.79 Å². The molecule has 1 rings (SSSR count). The van der Waals surface area contributed by atoms with Crippen molar-refractivity contribution >= 4 is 12.0 Å². The zero-order valence-corrected chi connectivity index (χ0v) is 9.36. The number of hydrogen-bond donors (Lipinski definition) is 0. The Hall–Kier alpha value is -1.44. The molecule has 15 heavy (non-hydrogen) atoms. The first kappa shape index (κ1) is 11.6. The first-order valence-corrected chi connectivity index (χ1v) is 5.34. The van der Waals surface area contributed by atoms with E-state index in [0.717, 1.165) is 24.0 Å². The maximum atomic E-state index is 11.8. The van der Waals surface area contributed by atoms with Crippen LogP contribution in [0.1, 0.15) is 42.1 Å². The predicted molar refractivity (Wildman–Crippen MR) is 63.8 cm³/mol. The first-order chi connectivity index (χ1) is 7.29. The number of rotatable bonds is 5. The molecule has 0 amide bonds. The Morgan fingerprint density at radius 3 is 2.80 bits per heavy atom. The molecule has 0 aliphatic carbocycles. The molecule has 0 saturated heterocycles. The minimum atomic E-state index is 0.215. The number of carbonyl (C=O) groups is 1. The fourth-order valence-corrected chi connectivity index (χ4v) is 1.47. The highest BCUT2D eigenvalue weighted by molar-refractivity contribution is 6.03. The summed E-state index contributed by atoms with van der Waals surface area (Å²) in [4.78, 5) is 15.8. The lowest BCUT2D eigenvalue weighted by Crippen LogP contribution is -2.03. The van der Waals surface area contributed by atoms with Gasteiger partial charge in [0.1, 0.15) is 0 Å². The lowest BCUT2D eigenvalue weighted by molar-refractivity contribution is 0.0979. The molecule has 0 aliphatic heterocycles. The van der Waals surface area contributed by atoms with E-state index in [2.05, 4.69) is 11.9 Å². The minimum Gasteiger partial charge on any atom is -0.296 e. The number of hydrogen-bond acceptors (Lipinski definition) is 2. The molecule has 0 radical (unpaired) electrons. The largest absolute Gasteiger partial charge is 0.296 e. The van der Waals surface area contributed by atoms with E-state index < -0.39 is 0 Å². The number of aliphatic imine (C=N–C) groups is 1. The molecule has 1 aromatic rings. The summed E-state index contributed by atoms with van der Waals surface area (Å²) in [6.07, 6.45) is 4.37. The van der Waals surface area contributed by atoms with Crippen molar-refractivity contribution in [1.29, 1.82) is 0 Å². The summed E-state index contributed by atoms with van der Waals surface area (Å²) in [5.74, 6) is 0.215. The molecular weight excluding hydrogens is 186 g/mol. The normalized spacial score (nSPS) is 10.8. The van der Waals surface area contributed by atoms with Crippen LogP contribution in [-0.2, 0) is 0 Å². The third-order valence-electron chi connectivity index (χ3n) is 2.29. The van der Waals surface area contributed by atoms with Gasteiger partial charge >= 0.3 is 0 Å². The number of ketones is 1. The molecule has 0 heterocycles. The summed E-state index contributed by atoms with van der Waals surface area (Å²) in [5.41, 5.74) is 1.71. The molecule has 80 valence electrons. The molecule has 2 nitrogen and oxygen atoms in total. The van der Waals surface area contributed by atoms with Gasteiger partial charge in [-0.1, -0.05) is 37.6 Å². The molecule has 0 saturated carbocycles. The Bertz CT molecular complexity index is 355. The zero-order valence-electron chi connectivity index (χ0n) is 9.36. The second-order valence-electron chi connectivity index (χ2n) is 3.50. The standard InChI is InChI=1S/C13H17NO/c1-3-4-9-13(15)12-8-6-5-7-11(12)10-14-2/h5-8,10H,3-4,9H2,1-2H3. The van der Waals surface area contributed by atoms with Gasteiger partial charge < -0.3 is 0 Å². The Kier molecular flexibility index (Phi) is 4.75. The Morgan fingerprint density at radius 1 is 1.40 bits per heavy atom. The van der Waals surface area contributed by atoms with Crippen LogP contribution in [0.2, 0.25) is 0 Å². The van der Waals surface area contributed by atoms with E-state index in [1.807, 2.05) is 24.3 Å². The van der Waals surface area contributed by atoms with Crippen LogP contribution in [0, 0.1) is 0 Å². The molecule has 0 aliphatic rings. The fourth-order valence-electron chi connectivity index (χ4n) is 1.47. The van der Waals surface area contributed by atoms with Crippen LogP contribution in [0.3, 0.4) is 0 Å². The second kappa shape index (κ2) is 6.12. The van der Waals surface area contributed by atoms with Crippen LogP contribution >= 0.6 is 0 Å². The third kappa shape index (κ3) is 3.31. The van der Waals surface area contributed by atoms with Gasteiger partial charge in [0, 0.05) is 30.8 Å². The molecule has 0 spiro atoms. The summed E-state index contributed by atoms with van der Waals surface area (Å²) in [6.45, 7) is 2.09. The van der Waals surface area contributed by atoms with Crippen molar-refractivity contribution in [2.75, 3.05) is 7.05 Å². The number of Topliss-reactive ketones (excluding diaryl/α,β-unsaturated/α-hetero) is 1. The van der Waals surface area contributed by atoms with E-state index >= 15 is 0 Å². The van der Waals surface area contributed by atoms with Gasteiger partial charge in [-0.15, -0.1) is 0 Å².